The predicted molar refractivity (Wildman–Crippen MR) is 123 cm³/mol. The molecule has 0 amide bonds. The van der Waals surface area contributed by atoms with Gasteiger partial charge in [0.05, 0.1) is 29.9 Å². The smallest absolute Gasteiger partial charge is 0.332 e. The predicted octanol–water partition coefficient (Wildman–Crippen LogP) is 4.72. The van der Waals surface area contributed by atoms with Gasteiger partial charge in [0, 0.05) is 46.2 Å². The summed E-state index contributed by atoms with van der Waals surface area (Å²) in [6, 6.07) is 7.80. The summed E-state index contributed by atoms with van der Waals surface area (Å²) in [7, 11) is 0. The van der Waals surface area contributed by atoms with Crippen LogP contribution < -0.4 is 0 Å². The van der Waals surface area contributed by atoms with E-state index in [9.17, 15) is 23.9 Å². The molecule has 0 bridgehead atoms. The van der Waals surface area contributed by atoms with Crippen molar-refractivity contribution in [2.45, 2.75) is 50.5 Å². The van der Waals surface area contributed by atoms with E-state index in [1.54, 1.807) is 6.20 Å². The van der Waals surface area contributed by atoms with Crippen LogP contribution in [0.2, 0.25) is 0 Å². The van der Waals surface area contributed by atoms with Gasteiger partial charge in [-0.05, 0) is 31.0 Å². The second-order valence-electron chi connectivity index (χ2n) is 9.51. The number of benzene rings is 1. The fourth-order valence-electron chi connectivity index (χ4n) is 4.99. The third-order valence-corrected chi connectivity index (χ3v) is 6.66. The molecular weight excluding hydrogens is 456 g/mol. The first-order valence-corrected chi connectivity index (χ1v) is 11.3. The van der Waals surface area contributed by atoms with Crippen LogP contribution in [0.3, 0.4) is 0 Å². The average molecular weight is 479 g/mol. The lowest BCUT2D eigenvalue weighted by Gasteiger charge is -2.31. The topological polar surface area (TPSA) is 117 Å². The van der Waals surface area contributed by atoms with Crippen LogP contribution in [-0.4, -0.2) is 43.5 Å². The molecule has 2 atom stereocenters. The Morgan fingerprint density at radius 2 is 2.11 bits per heavy atom. The number of rotatable bonds is 5. The maximum atomic E-state index is 14.4. The van der Waals surface area contributed by atoms with E-state index in [4.69, 9.17) is 9.72 Å². The van der Waals surface area contributed by atoms with E-state index in [-0.39, 0.29) is 18.9 Å². The Morgan fingerprint density at radius 3 is 2.77 bits per heavy atom. The zero-order valence-electron chi connectivity index (χ0n) is 19.2. The summed E-state index contributed by atoms with van der Waals surface area (Å²) in [4.78, 5) is 16.3. The largest absolute Gasteiger partial charge is 0.479 e. The molecule has 4 aromatic rings. The van der Waals surface area contributed by atoms with Crippen LogP contribution in [0.5, 0.6) is 0 Å². The quantitative estimate of drug-likeness (QED) is 0.428. The molecule has 1 aliphatic heterocycles. The number of nitrogens with zero attached hydrogens (tertiary/aromatic N) is 4. The summed E-state index contributed by atoms with van der Waals surface area (Å²) in [6.07, 6.45) is 1.76. The van der Waals surface area contributed by atoms with Gasteiger partial charge in [-0.15, -0.1) is 0 Å². The molecule has 4 heterocycles. The highest BCUT2D eigenvalue weighted by Crippen LogP contribution is 2.44. The van der Waals surface area contributed by atoms with Gasteiger partial charge in [0.25, 0.3) is 0 Å². The van der Waals surface area contributed by atoms with E-state index in [1.165, 1.54) is 6.07 Å². The molecule has 10 heteroatoms. The number of carboxylic acids is 1. The molecule has 8 nitrogen and oxygen atoms in total. The number of hydrogen-bond donors (Lipinski definition) is 2. The van der Waals surface area contributed by atoms with Crippen molar-refractivity contribution in [2.24, 2.45) is 0 Å². The number of carboxylic acid groups (broad SMARTS) is 1. The second kappa shape index (κ2) is 8.43. The van der Waals surface area contributed by atoms with E-state index < -0.39 is 29.1 Å². The van der Waals surface area contributed by atoms with Gasteiger partial charge in [-0.1, -0.05) is 13.8 Å². The summed E-state index contributed by atoms with van der Waals surface area (Å²) >= 11 is 0. The van der Waals surface area contributed by atoms with Crippen molar-refractivity contribution in [3.05, 3.63) is 53.4 Å². The Balaban J connectivity index is 1.84. The molecule has 1 saturated heterocycles. The van der Waals surface area contributed by atoms with Gasteiger partial charge >= 0.3 is 5.97 Å². The number of ether oxygens (including phenoxy) is 1. The maximum absolute atomic E-state index is 14.4. The van der Waals surface area contributed by atoms with E-state index in [0.29, 0.717) is 35.2 Å². The number of nitrogens with one attached hydrogen (secondary N) is 1. The lowest BCUT2D eigenvalue weighted by molar-refractivity contribution is -0.153. The Hall–Kier alpha value is -3.84. The second-order valence-corrected chi connectivity index (χ2v) is 9.51. The highest BCUT2D eigenvalue weighted by molar-refractivity contribution is 5.94. The summed E-state index contributed by atoms with van der Waals surface area (Å²) in [6.45, 7) is 4.00. The number of aliphatic carboxylic acids is 1. The van der Waals surface area contributed by atoms with Crippen molar-refractivity contribution in [2.75, 3.05) is 6.61 Å². The maximum Gasteiger partial charge on any atom is 0.332 e. The van der Waals surface area contributed by atoms with Crippen molar-refractivity contribution in [3.63, 3.8) is 0 Å². The zero-order chi connectivity index (χ0) is 24.9. The number of hydrogen-bond acceptors (Lipinski definition) is 5. The number of aromatic nitrogens is 4. The normalized spacial score (nSPS) is 18.7. The number of pyridine rings is 1. The zero-order valence-corrected chi connectivity index (χ0v) is 19.2. The molecule has 2 N–H and O–H groups in total. The Labute approximate surface area is 199 Å². The van der Waals surface area contributed by atoms with E-state index in [1.807, 2.05) is 24.5 Å². The van der Waals surface area contributed by atoms with Crippen molar-refractivity contribution < 1.29 is 23.4 Å². The van der Waals surface area contributed by atoms with Crippen molar-refractivity contribution >= 4 is 28.0 Å². The van der Waals surface area contributed by atoms with Crippen molar-refractivity contribution in [3.8, 4) is 11.8 Å². The Kier molecular flexibility index (Phi) is 5.52. The number of aromatic amines is 1. The molecule has 35 heavy (non-hydrogen) atoms. The Morgan fingerprint density at radius 1 is 1.31 bits per heavy atom. The van der Waals surface area contributed by atoms with Crippen LogP contribution in [-0.2, 0) is 14.9 Å². The number of carbonyl (C=O) groups is 1. The summed E-state index contributed by atoms with van der Waals surface area (Å²) in [5.74, 6) is -3.16. The van der Waals surface area contributed by atoms with Crippen LogP contribution in [0.25, 0.3) is 27.8 Å². The standard InChI is InChI=1S/C25H23F2N5O3/c1-25(2,7-8-28)22-20(13-3-6-19(24(33)34)35-12-13)21-18(9-14-11-29-31-23(14)30-21)32(22)15-4-5-16(26)17(27)10-15/h4-5,9-11,13,19H,3,6-7,12H2,1-2H3,(H,33,34)(H,29,30,31)/t13-,19+/m0/s1. The minimum absolute atomic E-state index is 0.157. The third kappa shape index (κ3) is 3.82. The minimum Gasteiger partial charge on any atom is -0.479 e. The van der Waals surface area contributed by atoms with E-state index >= 15 is 0 Å². The molecule has 0 spiro atoms. The molecule has 5 rings (SSSR count). The van der Waals surface area contributed by atoms with Crippen LogP contribution in [0.15, 0.2) is 30.5 Å². The minimum atomic E-state index is -1.00. The molecule has 180 valence electrons. The lowest BCUT2D eigenvalue weighted by atomic mass is 9.79. The molecule has 0 unspecified atom stereocenters. The number of nitriles is 1. The molecule has 1 aromatic carbocycles. The van der Waals surface area contributed by atoms with Gasteiger partial charge in [-0.3, -0.25) is 5.10 Å². The third-order valence-electron chi connectivity index (χ3n) is 6.66. The molecule has 0 aliphatic carbocycles. The highest BCUT2D eigenvalue weighted by atomic mass is 19.2. The van der Waals surface area contributed by atoms with Crippen LogP contribution in [0, 0.1) is 23.0 Å². The average Bonchev–Trinajstić information content (AvgIpc) is 3.41. The molecule has 1 fully saturated rings. The van der Waals surface area contributed by atoms with E-state index in [2.05, 4.69) is 16.3 Å². The van der Waals surface area contributed by atoms with Crippen molar-refractivity contribution in [1.82, 2.24) is 19.7 Å². The molecule has 1 aliphatic rings. The van der Waals surface area contributed by atoms with Crippen LogP contribution >= 0.6 is 0 Å². The fraction of sp³-hybridized carbons (Fsp3) is 0.360. The number of H-pyrrole nitrogens is 1. The molecule has 3 aromatic heterocycles. The first-order chi connectivity index (χ1) is 16.7. The number of fused-ring (bicyclic) bond motifs is 2. The van der Waals surface area contributed by atoms with Gasteiger partial charge < -0.3 is 14.4 Å². The van der Waals surface area contributed by atoms with Gasteiger partial charge in [-0.25, -0.2) is 18.6 Å². The lowest BCUT2D eigenvalue weighted by Crippen LogP contribution is -2.32. The van der Waals surface area contributed by atoms with Gasteiger partial charge in [0.2, 0.25) is 0 Å². The summed E-state index contributed by atoms with van der Waals surface area (Å²) in [5.41, 5.74) is 3.07. The van der Waals surface area contributed by atoms with Crippen LogP contribution in [0.1, 0.15) is 50.3 Å². The van der Waals surface area contributed by atoms with E-state index in [0.717, 1.165) is 28.8 Å². The fourth-order valence-corrected chi connectivity index (χ4v) is 4.99. The first-order valence-electron chi connectivity index (χ1n) is 11.3. The molecular formula is C25H23F2N5O3. The van der Waals surface area contributed by atoms with Crippen LogP contribution in [0.4, 0.5) is 8.78 Å². The van der Waals surface area contributed by atoms with Gasteiger partial charge in [0.1, 0.15) is 0 Å². The molecule has 0 radical (unpaired) electrons. The monoisotopic (exact) mass is 479 g/mol. The Bertz CT molecular complexity index is 1490. The van der Waals surface area contributed by atoms with Gasteiger partial charge in [-0.2, -0.15) is 10.4 Å². The summed E-state index contributed by atoms with van der Waals surface area (Å²) in [5, 5.41) is 26.6. The van der Waals surface area contributed by atoms with Crippen molar-refractivity contribution in [1.29, 1.82) is 5.26 Å². The SMILES string of the molecule is CC(C)(CC#N)c1c([C@H]2CC[C@H](C(=O)O)OC2)c2nc3[nH]ncc3cc2n1-c1ccc(F)c(F)c1. The molecule has 0 saturated carbocycles. The first kappa shape index (κ1) is 22.9. The van der Waals surface area contributed by atoms with Gasteiger partial charge in [0.15, 0.2) is 23.4 Å². The summed E-state index contributed by atoms with van der Waals surface area (Å²) < 4.78 is 35.7. The number of halogens is 2. The highest BCUT2D eigenvalue weighted by Gasteiger charge is 2.38.